The van der Waals surface area contributed by atoms with Crippen LogP contribution < -0.4 is 9.32 Å². The SMILES string of the molecule is Cc1ccc(OS(N)(=O)=O)cc1-c1ccc(C(C)(C)C)cc1. The summed E-state index contributed by atoms with van der Waals surface area (Å²) in [5.74, 6) is 0.211. The third-order valence-electron chi connectivity index (χ3n) is 3.48. The maximum atomic E-state index is 11.0. The second kappa shape index (κ2) is 5.74. The first-order chi connectivity index (χ1) is 10.1. The highest BCUT2D eigenvalue weighted by Gasteiger charge is 2.14. The van der Waals surface area contributed by atoms with E-state index in [0.717, 1.165) is 16.7 Å². The van der Waals surface area contributed by atoms with Gasteiger partial charge in [-0.1, -0.05) is 51.1 Å². The molecule has 0 aromatic heterocycles. The van der Waals surface area contributed by atoms with Crippen molar-refractivity contribution < 1.29 is 12.6 Å². The lowest BCUT2D eigenvalue weighted by atomic mass is 9.86. The summed E-state index contributed by atoms with van der Waals surface area (Å²) >= 11 is 0. The number of rotatable bonds is 3. The predicted octanol–water partition coefficient (Wildman–Crippen LogP) is 3.54. The Morgan fingerprint density at radius 1 is 1.00 bits per heavy atom. The summed E-state index contributed by atoms with van der Waals surface area (Å²) in [6.07, 6.45) is 0. The van der Waals surface area contributed by atoms with Gasteiger partial charge in [0.25, 0.3) is 0 Å². The summed E-state index contributed by atoms with van der Waals surface area (Å²) in [4.78, 5) is 0. The fourth-order valence-corrected chi connectivity index (χ4v) is 2.62. The summed E-state index contributed by atoms with van der Waals surface area (Å²) in [7, 11) is -4.02. The Labute approximate surface area is 132 Å². The molecule has 5 heteroatoms. The molecule has 2 rings (SSSR count). The van der Waals surface area contributed by atoms with E-state index in [1.807, 2.05) is 25.1 Å². The summed E-state index contributed by atoms with van der Waals surface area (Å²) in [5, 5.41) is 4.91. The predicted molar refractivity (Wildman–Crippen MR) is 89.1 cm³/mol. The van der Waals surface area contributed by atoms with Crippen molar-refractivity contribution in [2.45, 2.75) is 33.1 Å². The van der Waals surface area contributed by atoms with Crippen LogP contribution in [0.4, 0.5) is 0 Å². The van der Waals surface area contributed by atoms with Crippen LogP contribution in [0.3, 0.4) is 0 Å². The van der Waals surface area contributed by atoms with E-state index in [0.29, 0.717) is 0 Å². The van der Waals surface area contributed by atoms with Gasteiger partial charge in [0.15, 0.2) is 0 Å². The van der Waals surface area contributed by atoms with Crippen molar-refractivity contribution in [2.24, 2.45) is 5.14 Å². The molecule has 0 fully saturated rings. The standard InChI is InChI=1S/C17H21NO3S/c1-12-5-10-15(21-22(18,19)20)11-16(12)13-6-8-14(9-7-13)17(2,3)4/h5-11H,1-4H3,(H2,18,19,20). The molecule has 0 aliphatic carbocycles. The van der Waals surface area contributed by atoms with E-state index in [9.17, 15) is 8.42 Å². The minimum atomic E-state index is -4.02. The molecule has 0 saturated heterocycles. The third-order valence-corrected chi connectivity index (χ3v) is 3.91. The smallest absolute Gasteiger partial charge is 0.371 e. The molecule has 0 saturated carbocycles. The second-order valence-electron chi connectivity index (χ2n) is 6.38. The minimum absolute atomic E-state index is 0.0894. The van der Waals surface area contributed by atoms with Gasteiger partial charge in [0.2, 0.25) is 0 Å². The lowest BCUT2D eigenvalue weighted by Crippen LogP contribution is -2.18. The van der Waals surface area contributed by atoms with E-state index in [1.165, 1.54) is 5.56 Å². The molecule has 0 bridgehead atoms. The van der Waals surface area contributed by atoms with Gasteiger partial charge in [0.1, 0.15) is 5.75 Å². The monoisotopic (exact) mass is 319 g/mol. The van der Waals surface area contributed by atoms with Gasteiger partial charge in [-0.15, -0.1) is 0 Å². The summed E-state index contributed by atoms with van der Waals surface area (Å²) in [6.45, 7) is 8.45. The van der Waals surface area contributed by atoms with Gasteiger partial charge in [-0.3, -0.25) is 0 Å². The average Bonchev–Trinajstić information content (AvgIpc) is 2.38. The molecular formula is C17H21NO3S. The Morgan fingerprint density at radius 2 is 1.59 bits per heavy atom. The van der Waals surface area contributed by atoms with Crippen LogP contribution in [-0.4, -0.2) is 8.42 Å². The van der Waals surface area contributed by atoms with E-state index in [-0.39, 0.29) is 11.2 Å². The Morgan fingerprint density at radius 3 is 2.09 bits per heavy atom. The number of hydrogen-bond acceptors (Lipinski definition) is 3. The van der Waals surface area contributed by atoms with Gasteiger partial charge in [-0.2, -0.15) is 13.6 Å². The normalized spacial score (nSPS) is 12.2. The third kappa shape index (κ3) is 4.08. The number of aryl methyl sites for hydroxylation is 1. The highest BCUT2D eigenvalue weighted by Crippen LogP contribution is 2.30. The molecule has 2 aromatic rings. The largest absolute Gasteiger partial charge is 0.380 e. The molecule has 118 valence electrons. The van der Waals surface area contributed by atoms with Crippen LogP contribution in [0.2, 0.25) is 0 Å². The molecule has 0 radical (unpaired) electrons. The van der Waals surface area contributed by atoms with Crippen molar-refractivity contribution in [1.82, 2.24) is 0 Å². The molecule has 0 atom stereocenters. The molecule has 2 aromatic carbocycles. The summed E-state index contributed by atoms with van der Waals surface area (Å²) in [6, 6.07) is 13.3. The highest BCUT2D eigenvalue weighted by atomic mass is 32.2. The molecule has 0 heterocycles. The first-order valence-electron chi connectivity index (χ1n) is 7.00. The Bertz CT molecular complexity index is 773. The van der Waals surface area contributed by atoms with Gasteiger partial charge in [-0.25, -0.2) is 0 Å². The topological polar surface area (TPSA) is 69.4 Å². The number of benzene rings is 2. The molecule has 0 unspecified atom stereocenters. The molecule has 0 amide bonds. The highest BCUT2D eigenvalue weighted by molar-refractivity contribution is 7.84. The van der Waals surface area contributed by atoms with E-state index in [2.05, 4.69) is 32.9 Å². The average molecular weight is 319 g/mol. The first kappa shape index (κ1) is 16.5. The lowest BCUT2D eigenvalue weighted by Gasteiger charge is -2.19. The Kier molecular flexibility index (Phi) is 4.31. The van der Waals surface area contributed by atoms with Crippen LogP contribution in [0.5, 0.6) is 5.75 Å². The molecule has 22 heavy (non-hydrogen) atoms. The lowest BCUT2D eigenvalue weighted by molar-refractivity contribution is 0.488. The van der Waals surface area contributed by atoms with Crippen LogP contribution in [0, 0.1) is 6.92 Å². The fraction of sp³-hybridized carbons (Fsp3) is 0.294. The summed E-state index contributed by atoms with van der Waals surface area (Å²) < 4.78 is 26.8. The van der Waals surface area contributed by atoms with Gasteiger partial charge >= 0.3 is 10.3 Å². The Hall–Kier alpha value is -1.85. The van der Waals surface area contributed by atoms with E-state index in [1.54, 1.807) is 12.1 Å². The zero-order valence-electron chi connectivity index (χ0n) is 13.3. The molecule has 2 N–H and O–H groups in total. The zero-order chi connectivity index (χ0) is 16.5. The van der Waals surface area contributed by atoms with Crippen LogP contribution in [0.1, 0.15) is 31.9 Å². The molecular weight excluding hydrogens is 298 g/mol. The molecule has 0 aliphatic rings. The first-order valence-corrected chi connectivity index (χ1v) is 8.47. The zero-order valence-corrected chi connectivity index (χ0v) is 14.1. The molecule has 4 nitrogen and oxygen atoms in total. The second-order valence-corrected chi connectivity index (χ2v) is 7.53. The van der Waals surface area contributed by atoms with Gasteiger partial charge in [0, 0.05) is 0 Å². The quantitative estimate of drug-likeness (QED) is 0.940. The van der Waals surface area contributed by atoms with Crippen molar-refractivity contribution in [3.8, 4) is 16.9 Å². The van der Waals surface area contributed by atoms with E-state index < -0.39 is 10.3 Å². The number of hydrogen-bond donors (Lipinski definition) is 1. The maximum absolute atomic E-state index is 11.0. The van der Waals surface area contributed by atoms with Gasteiger partial charge < -0.3 is 4.18 Å². The van der Waals surface area contributed by atoms with Crippen molar-refractivity contribution in [3.63, 3.8) is 0 Å². The fourth-order valence-electron chi connectivity index (χ4n) is 2.25. The Balaban J connectivity index is 2.41. The van der Waals surface area contributed by atoms with Crippen LogP contribution in [0.25, 0.3) is 11.1 Å². The van der Waals surface area contributed by atoms with Crippen LogP contribution >= 0.6 is 0 Å². The van der Waals surface area contributed by atoms with Crippen molar-refractivity contribution in [3.05, 3.63) is 53.6 Å². The summed E-state index contributed by atoms with van der Waals surface area (Å²) in [5.41, 5.74) is 4.29. The van der Waals surface area contributed by atoms with Crippen molar-refractivity contribution in [1.29, 1.82) is 0 Å². The minimum Gasteiger partial charge on any atom is -0.371 e. The van der Waals surface area contributed by atoms with Crippen molar-refractivity contribution in [2.75, 3.05) is 0 Å². The molecule has 0 aliphatic heterocycles. The van der Waals surface area contributed by atoms with Gasteiger partial charge in [-0.05, 0) is 46.7 Å². The van der Waals surface area contributed by atoms with Crippen LogP contribution in [0.15, 0.2) is 42.5 Å². The van der Waals surface area contributed by atoms with Gasteiger partial charge in [0.05, 0.1) is 0 Å². The van der Waals surface area contributed by atoms with E-state index in [4.69, 9.17) is 9.32 Å². The number of nitrogens with two attached hydrogens (primary N) is 1. The maximum Gasteiger partial charge on any atom is 0.380 e. The molecule has 0 spiro atoms. The van der Waals surface area contributed by atoms with E-state index >= 15 is 0 Å². The van der Waals surface area contributed by atoms with Crippen molar-refractivity contribution >= 4 is 10.3 Å². The van der Waals surface area contributed by atoms with Crippen LogP contribution in [-0.2, 0) is 15.7 Å².